The number of hydrogen-bond acceptors (Lipinski definition) is 7. The molecule has 0 bridgehead atoms. The van der Waals surface area contributed by atoms with E-state index in [1.807, 2.05) is 36.5 Å². The lowest BCUT2D eigenvalue weighted by atomic mass is 10.0. The number of nitrogens with zero attached hydrogens (tertiary/aromatic N) is 2. The van der Waals surface area contributed by atoms with Gasteiger partial charge in [-0.2, -0.15) is 0 Å². The molecule has 1 aliphatic heterocycles. The quantitative estimate of drug-likeness (QED) is 0.618. The number of rotatable bonds is 9. The van der Waals surface area contributed by atoms with Crippen LogP contribution < -0.4 is 10.5 Å². The molecule has 1 saturated heterocycles. The third-order valence-corrected chi connectivity index (χ3v) is 6.45. The molecule has 3 amide bonds. The summed E-state index contributed by atoms with van der Waals surface area (Å²) in [4.78, 5) is 42.4. The van der Waals surface area contributed by atoms with Crippen molar-refractivity contribution in [2.75, 3.05) is 6.61 Å². The maximum atomic E-state index is 12.6. The van der Waals surface area contributed by atoms with Gasteiger partial charge in [0, 0.05) is 18.3 Å². The van der Waals surface area contributed by atoms with Crippen LogP contribution >= 0.6 is 11.8 Å². The second-order valence-electron chi connectivity index (χ2n) is 8.11. The molecule has 1 aliphatic rings. The van der Waals surface area contributed by atoms with Gasteiger partial charge in [0.05, 0.1) is 17.9 Å². The highest BCUT2D eigenvalue weighted by Crippen LogP contribution is 2.31. The standard InChI is InChI=1S/C24H29N3O4S/c1-4-16-5-8-18(26-14-16)11-12-31-19-9-6-17(7-10-19)13-20-22(28)27(24(30)32-20)23(29)21(25)15(2)3/h5-10,14-15,20-21H,4,11-13,25H2,1-3H3. The SMILES string of the molecule is CCc1ccc(CCOc2ccc(CC3SC(=O)N(C(=O)C(N)C(C)C)C3=O)cc2)nc1. The second kappa shape index (κ2) is 10.7. The number of imide groups is 3. The number of amides is 3. The van der Waals surface area contributed by atoms with E-state index in [2.05, 4.69) is 18.0 Å². The molecule has 32 heavy (non-hydrogen) atoms. The summed E-state index contributed by atoms with van der Waals surface area (Å²) in [6.45, 7) is 6.16. The van der Waals surface area contributed by atoms with Crippen molar-refractivity contribution in [3.05, 3.63) is 59.4 Å². The largest absolute Gasteiger partial charge is 0.493 e. The molecule has 1 fully saturated rings. The monoisotopic (exact) mass is 455 g/mol. The number of nitrogens with two attached hydrogens (primary N) is 1. The Labute approximate surface area is 192 Å². The van der Waals surface area contributed by atoms with Crippen molar-refractivity contribution >= 4 is 28.8 Å². The number of benzene rings is 1. The van der Waals surface area contributed by atoms with E-state index in [9.17, 15) is 14.4 Å². The molecule has 2 unspecified atom stereocenters. The zero-order valence-corrected chi connectivity index (χ0v) is 19.4. The summed E-state index contributed by atoms with van der Waals surface area (Å²) in [6.07, 6.45) is 3.92. The molecule has 2 atom stereocenters. The molecule has 1 aromatic heterocycles. The Kier molecular flexibility index (Phi) is 8.04. The Balaban J connectivity index is 1.52. The molecule has 3 rings (SSSR count). The van der Waals surface area contributed by atoms with E-state index in [4.69, 9.17) is 10.5 Å². The van der Waals surface area contributed by atoms with Gasteiger partial charge in [-0.3, -0.25) is 19.4 Å². The van der Waals surface area contributed by atoms with Crippen molar-refractivity contribution < 1.29 is 19.1 Å². The van der Waals surface area contributed by atoms with Gasteiger partial charge in [0.15, 0.2) is 0 Å². The number of carbonyl (C=O) groups is 3. The van der Waals surface area contributed by atoms with E-state index in [1.54, 1.807) is 13.8 Å². The minimum atomic E-state index is -0.876. The molecule has 8 heteroatoms. The number of aryl methyl sites for hydroxylation is 1. The van der Waals surface area contributed by atoms with Crippen LogP contribution in [0.3, 0.4) is 0 Å². The van der Waals surface area contributed by atoms with Crippen molar-refractivity contribution in [3.63, 3.8) is 0 Å². The lowest BCUT2D eigenvalue weighted by molar-refractivity contribution is -0.140. The van der Waals surface area contributed by atoms with Crippen molar-refractivity contribution in [2.24, 2.45) is 11.7 Å². The first-order valence-corrected chi connectivity index (χ1v) is 11.7. The van der Waals surface area contributed by atoms with Gasteiger partial charge in [0.2, 0.25) is 0 Å². The summed E-state index contributed by atoms with van der Waals surface area (Å²) in [5.74, 6) is -0.568. The van der Waals surface area contributed by atoms with Crippen LogP contribution in [0, 0.1) is 5.92 Å². The first kappa shape index (κ1) is 23.9. The maximum absolute atomic E-state index is 12.6. The molecule has 170 valence electrons. The van der Waals surface area contributed by atoms with Crippen molar-refractivity contribution in [1.82, 2.24) is 9.88 Å². The fourth-order valence-electron chi connectivity index (χ4n) is 3.24. The summed E-state index contributed by atoms with van der Waals surface area (Å²) in [6, 6.07) is 10.6. The van der Waals surface area contributed by atoms with Gasteiger partial charge in [-0.15, -0.1) is 0 Å². The molecule has 7 nitrogen and oxygen atoms in total. The van der Waals surface area contributed by atoms with E-state index in [0.717, 1.165) is 35.2 Å². The molecular formula is C24H29N3O4S. The maximum Gasteiger partial charge on any atom is 0.296 e. The van der Waals surface area contributed by atoms with Crippen LogP contribution in [0.2, 0.25) is 0 Å². The van der Waals surface area contributed by atoms with Crippen molar-refractivity contribution in [1.29, 1.82) is 0 Å². The smallest absolute Gasteiger partial charge is 0.296 e. The number of carbonyl (C=O) groups excluding carboxylic acids is 3. The molecule has 0 spiro atoms. The van der Waals surface area contributed by atoms with E-state index in [-0.39, 0.29) is 5.92 Å². The first-order valence-electron chi connectivity index (χ1n) is 10.8. The predicted molar refractivity (Wildman–Crippen MR) is 124 cm³/mol. The summed E-state index contributed by atoms with van der Waals surface area (Å²) in [7, 11) is 0. The zero-order valence-electron chi connectivity index (χ0n) is 18.6. The van der Waals surface area contributed by atoms with E-state index < -0.39 is 28.3 Å². The summed E-state index contributed by atoms with van der Waals surface area (Å²) < 4.78 is 5.79. The average Bonchev–Trinajstić information content (AvgIpc) is 3.07. The number of hydrogen-bond donors (Lipinski definition) is 1. The first-order chi connectivity index (χ1) is 15.3. The highest BCUT2D eigenvalue weighted by Gasteiger charge is 2.45. The fourth-order valence-corrected chi connectivity index (χ4v) is 4.25. The van der Waals surface area contributed by atoms with Gasteiger partial charge in [-0.05, 0) is 48.1 Å². The van der Waals surface area contributed by atoms with Crippen LogP contribution in [0.1, 0.15) is 37.6 Å². The van der Waals surface area contributed by atoms with Crippen LogP contribution in [0.25, 0.3) is 0 Å². The topological polar surface area (TPSA) is 103 Å². The molecule has 1 aromatic carbocycles. The third-order valence-electron chi connectivity index (χ3n) is 5.41. The molecule has 2 N–H and O–H groups in total. The normalized spacial score (nSPS) is 17.2. The molecule has 0 saturated carbocycles. The highest BCUT2D eigenvalue weighted by atomic mass is 32.2. The number of aromatic nitrogens is 1. The molecule has 0 radical (unpaired) electrons. The lowest BCUT2D eigenvalue weighted by Crippen LogP contribution is -2.49. The predicted octanol–water partition coefficient (Wildman–Crippen LogP) is 3.38. The molecular weight excluding hydrogens is 426 g/mol. The third kappa shape index (κ3) is 5.75. The Bertz CT molecular complexity index is 960. The Morgan fingerprint density at radius 2 is 1.84 bits per heavy atom. The van der Waals surface area contributed by atoms with Gasteiger partial charge in [-0.25, -0.2) is 4.90 Å². The van der Waals surface area contributed by atoms with E-state index in [0.29, 0.717) is 24.3 Å². The molecule has 0 aliphatic carbocycles. The van der Waals surface area contributed by atoms with Gasteiger partial charge < -0.3 is 10.5 Å². The second-order valence-corrected chi connectivity index (χ2v) is 9.27. The Morgan fingerprint density at radius 1 is 1.16 bits per heavy atom. The fraction of sp³-hybridized carbons (Fsp3) is 0.417. The minimum absolute atomic E-state index is 0.161. The lowest BCUT2D eigenvalue weighted by Gasteiger charge is -2.19. The zero-order chi connectivity index (χ0) is 23.3. The van der Waals surface area contributed by atoms with Gasteiger partial charge in [0.1, 0.15) is 5.75 Å². The van der Waals surface area contributed by atoms with Crippen LogP contribution in [0.15, 0.2) is 42.6 Å². The minimum Gasteiger partial charge on any atom is -0.493 e. The van der Waals surface area contributed by atoms with Gasteiger partial charge >= 0.3 is 0 Å². The van der Waals surface area contributed by atoms with Crippen LogP contribution in [0.4, 0.5) is 4.79 Å². The number of ether oxygens (including phenoxy) is 1. The number of pyridine rings is 1. The van der Waals surface area contributed by atoms with Crippen LogP contribution in [0.5, 0.6) is 5.75 Å². The Hall–Kier alpha value is -2.71. The van der Waals surface area contributed by atoms with E-state index >= 15 is 0 Å². The number of thioether (sulfide) groups is 1. The summed E-state index contributed by atoms with van der Waals surface area (Å²) in [5, 5.41) is -1.18. The molecule has 2 heterocycles. The van der Waals surface area contributed by atoms with Gasteiger partial charge in [0.25, 0.3) is 17.1 Å². The van der Waals surface area contributed by atoms with Crippen LogP contribution in [-0.2, 0) is 28.9 Å². The Morgan fingerprint density at radius 3 is 2.44 bits per heavy atom. The average molecular weight is 456 g/mol. The highest BCUT2D eigenvalue weighted by molar-refractivity contribution is 8.15. The van der Waals surface area contributed by atoms with Crippen LogP contribution in [-0.4, -0.2) is 44.8 Å². The van der Waals surface area contributed by atoms with Crippen molar-refractivity contribution in [3.8, 4) is 5.75 Å². The van der Waals surface area contributed by atoms with Gasteiger partial charge in [-0.1, -0.05) is 50.7 Å². The summed E-state index contributed by atoms with van der Waals surface area (Å²) in [5.41, 5.74) is 8.92. The molecule has 2 aromatic rings. The van der Waals surface area contributed by atoms with E-state index in [1.165, 1.54) is 5.56 Å². The summed E-state index contributed by atoms with van der Waals surface area (Å²) >= 11 is 0.875. The van der Waals surface area contributed by atoms with Crippen molar-refractivity contribution in [2.45, 2.75) is 51.3 Å².